The maximum atomic E-state index is 12.5. The number of aliphatic hydroxyl groups excluding tert-OH is 1. The number of carbonyl (C=O) groups excluding carboxylic acids is 1. The molecule has 1 amide bonds. The lowest BCUT2D eigenvalue weighted by Crippen LogP contribution is -2.36. The van der Waals surface area contributed by atoms with Gasteiger partial charge in [-0.1, -0.05) is 43.2 Å². The molecular formula is C16H23NO3. The van der Waals surface area contributed by atoms with Gasteiger partial charge in [-0.25, -0.2) is 0 Å². The van der Waals surface area contributed by atoms with Gasteiger partial charge in [-0.15, -0.1) is 0 Å². The van der Waals surface area contributed by atoms with Crippen LogP contribution in [0.3, 0.4) is 0 Å². The quantitative estimate of drug-likeness (QED) is 0.866. The third-order valence-corrected chi connectivity index (χ3v) is 3.77. The Labute approximate surface area is 120 Å². The normalized spacial score (nSPS) is 17.1. The molecule has 4 nitrogen and oxygen atoms in total. The highest BCUT2D eigenvalue weighted by molar-refractivity contribution is 5.82. The first-order valence-corrected chi connectivity index (χ1v) is 7.28. The van der Waals surface area contributed by atoms with E-state index in [1.165, 1.54) is 17.7 Å². The van der Waals surface area contributed by atoms with Crippen molar-refractivity contribution < 1.29 is 14.6 Å². The van der Waals surface area contributed by atoms with Crippen LogP contribution in [0.1, 0.15) is 37.4 Å². The predicted octanol–water partition coefficient (Wildman–Crippen LogP) is 2.14. The monoisotopic (exact) mass is 277 g/mol. The summed E-state index contributed by atoms with van der Waals surface area (Å²) in [5, 5.41) is 8.99. The number of nitrogens with zero attached hydrogens (tertiary/aromatic N) is 1. The Morgan fingerprint density at radius 1 is 1.35 bits per heavy atom. The van der Waals surface area contributed by atoms with Crippen molar-refractivity contribution in [2.45, 2.75) is 37.9 Å². The summed E-state index contributed by atoms with van der Waals surface area (Å²) in [6.45, 7) is 0.295. The van der Waals surface area contributed by atoms with E-state index in [1.807, 2.05) is 30.3 Å². The number of ether oxygens (including phenoxy) is 1. The van der Waals surface area contributed by atoms with E-state index in [1.54, 1.807) is 7.05 Å². The van der Waals surface area contributed by atoms with Crippen molar-refractivity contribution in [3.63, 3.8) is 0 Å². The SMILES string of the molecule is CN(CCO)C(=O)C(OC1CCCC1)c1ccccc1. The molecule has 1 saturated carbocycles. The van der Waals surface area contributed by atoms with E-state index in [0.29, 0.717) is 6.54 Å². The number of aliphatic hydroxyl groups is 1. The van der Waals surface area contributed by atoms with Gasteiger partial charge in [0.1, 0.15) is 0 Å². The summed E-state index contributed by atoms with van der Waals surface area (Å²) in [7, 11) is 1.70. The summed E-state index contributed by atoms with van der Waals surface area (Å²) in [6, 6.07) is 9.60. The van der Waals surface area contributed by atoms with Crippen molar-refractivity contribution in [3.8, 4) is 0 Å². The standard InChI is InChI=1S/C16H23NO3/c1-17(11-12-18)16(19)15(13-7-3-2-4-8-13)20-14-9-5-6-10-14/h2-4,7-8,14-15,18H,5-6,9-12H2,1H3. The third-order valence-electron chi connectivity index (χ3n) is 3.77. The first kappa shape index (κ1) is 15.0. The molecule has 0 spiro atoms. The van der Waals surface area contributed by atoms with Crippen LogP contribution in [0.5, 0.6) is 0 Å². The van der Waals surface area contributed by atoms with Crippen molar-refractivity contribution in [1.29, 1.82) is 0 Å². The molecule has 1 atom stereocenters. The zero-order valence-electron chi connectivity index (χ0n) is 12.0. The van der Waals surface area contributed by atoms with E-state index >= 15 is 0 Å². The Kier molecular flexibility index (Phi) is 5.56. The Balaban J connectivity index is 2.12. The summed E-state index contributed by atoms with van der Waals surface area (Å²) in [6.07, 6.45) is 4.02. The molecule has 1 unspecified atom stereocenters. The molecule has 1 aliphatic carbocycles. The minimum atomic E-state index is -0.559. The topological polar surface area (TPSA) is 49.8 Å². The fraction of sp³-hybridized carbons (Fsp3) is 0.562. The number of hydrogen-bond acceptors (Lipinski definition) is 3. The minimum absolute atomic E-state index is 0.0345. The summed E-state index contributed by atoms with van der Waals surface area (Å²) in [4.78, 5) is 14.0. The van der Waals surface area contributed by atoms with Crippen LogP contribution in [0.4, 0.5) is 0 Å². The molecule has 1 aromatic rings. The molecule has 1 aliphatic rings. The molecule has 0 aliphatic heterocycles. The molecule has 0 aromatic heterocycles. The van der Waals surface area contributed by atoms with Crippen LogP contribution in [-0.4, -0.2) is 42.2 Å². The van der Waals surface area contributed by atoms with E-state index in [0.717, 1.165) is 18.4 Å². The van der Waals surface area contributed by atoms with Gasteiger partial charge in [0.25, 0.3) is 5.91 Å². The zero-order valence-corrected chi connectivity index (χ0v) is 12.0. The molecule has 4 heteroatoms. The summed E-state index contributed by atoms with van der Waals surface area (Å²) >= 11 is 0. The third kappa shape index (κ3) is 3.81. The van der Waals surface area contributed by atoms with Crippen LogP contribution in [0.15, 0.2) is 30.3 Å². The van der Waals surface area contributed by atoms with Gasteiger partial charge < -0.3 is 14.7 Å². The first-order valence-electron chi connectivity index (χ1n) is 7.28. The van der Waals surface area contributed by atoms with E-state index in [4.69, 9.17) is 9.84 Å². The highest BCUT2D eigenvalue weighted by Gasteiger charge is 2.28. The van der Waals surface area contributed by atoms with Gasteiger partial charge in [0.2, 0.25) is 0 Å². The van der Waals surface area contributed by atoms with Crippen molar-refractivity contribution in [2.75, 3.05) is 20.2 Å². The summed E-state index contributed by atoms with van der Waals surface area (Å²) in [5.74, 6) is -0.0860. The number of amides is 1. The molecule has 110 valence electrons. The predicted molar refractivity (Wildman–Crippen MR) is 77.2 cm³/mol. The number of hydrogen-bond donors (Lipinski definition) is 1. The van der Waals surface area contributed by atoms with Crippen molar-refractivity contribution >= 4 is 5.91 Å². The average molecular weight is 277 g/mol. The fourth-order valence-electron chi connectivity index (χ4n) is 2.58. The van der Waals surface area contributed by atoms with E-state index in [9.17, 15) is 4.79 Å². The minimum Gasteiger partial charge on any atom is -0.395 e. The second-order valence-corrected chi connectivity index (χ2v) is 5.32. The molecule has 0 heterocycles. The van der Waals surface area contributed by atoms with Gasteiger partial charge >= 0.3 is 0 Å². The van der Waals surface area contributed by atoms with Crippen LogP contribution >= 0.6 is 0 Å². The van der Waals surface area contributed by atoms with Crippen LogP contribution in [0.2, 0.25) is 0 Å². The van der Waals surface area contributed by atoms with Crippen molar-refractivity contribution in [1.82, 2.24) is 4.90 Å². The smallest absolute Gasteiger partial charge is 0.256 e. The van der Waals surface area contributed by atoms with Gasteiger partial charge in [0.05, 0.1) is 12.7 Å². The molecule has 2 rings (SSSR count). The van der Waals surface area contributed by atoms with E-state index in [2.05, 4.69) is 0 Å². The molecule has 1 fully saturated rings. The number of rotatable bonds is 6. The number of likely N-dealkylation sites (N-methyl/N-ethyl adjacent to an activating group) is 1. The Morgan fingerprint density at radius 2 is 2.00 bits per heavy atom. The van der Waals surface area contributed by atoms with Gasteiger partial charge in [0.15, 0.2) is 6.10 Å². The first-order chi connectivity index (χ1) is 9.72. The Bertz CT molecular complexity index is 415. The lowest BCUT2D eigenvalue weighted by Gasteiger charge is -2.26. The Hall–Kier alpha value is -1.39. The van der Waals surface area contributed by atoms with E-state index in [-0.39, 0.29) is 18.6 Å². The molecular weight excluding hydrogens is 254 g/mol. The molecule has 1 aromatic carbocycles. The van der Waals surface area contributed by atoms with Crippen LogP contribution < -0.4 is 0 Å². The highest BCUT2D eigenvalue weighted by Crippen LogP contribution is 2.28. The highest BCUT2D eigenvalue weighted by atomic mass is 16.5. The summed E-state index contributed by atoms with van der Waals surface area (Å²) in [5.41, 5.74) is 0.884. The van der Waals surface area contributed by atoms with Gasteiger partial charge in [-0.2, -0.15) is 0 Å². The number of carbonyl (C=O) groups is 1. The van der Waals surface area contributed by atoms with Crippen molar-refractivity contribution in [2.24, 2.45) is 0 Å². The number of benzene rings is 1. The van der Waals surface area contributed by atoms with Crippen LogP contribution in [-0.2, 0) is 9.53 Å². The maximum Gasteiger partial charge on any atom is 0.256 e. The molecule has 0 bridgehead atoms. The van der Waals surface area contributed by atoms with Gasteiger partial charge in [-0.05, 0) is 18.4 Å². The lowest BCUT2D eigenvalue weighted by atomic mass is 10.1. The molecule has 0 saturated heterocycles. The van der Waals surface area contributed by atoms with E-state index < -0.39 is 6.10 Å². The van der Waals surface area contributed by atoms with Crippen molar-refractivity contribution in [3.05, 3.63) is 35.9 Å². The maximum absolute atomic E-state index is 12.5. The average Bonchev–Trinajstić information content (AvgIpc) is 2.98. The second kappa shape index (κ2) is 7.41. The molecule has 0 radical (unpaired) electrons. The Morgan fingerprint density at radius 3 is 2.60 bits per heavy atom. The lowest BCUT2D eigenvalue weighted by molar-refractivity contribution is -0.147. The van der Waals surface area contributed by atoms with Crippen LogP contribution in [0, 0.1) is 0 Å². The van der Waals surface area contributed by atoms with Crippen LogP contribution in [0.25, 0.3) is 0 Å². The van der Waals surface area contributed by atoms with Gasteiger partial charge in [0, 0.05) is 13.6 Å². The molecule has 1 N–H and O–H groups in total. The van der Waals surface area contributed by atoms with Gasteiger partial charge in [-0.3, -0.25) is 4.79 Å². The zero-order chi connectivity index (χ0) is 14.4. The largest absolute Gasteiger partial charge is 0.395 e. The summed E-state index contributed by atoms with van der Waals surface area (Å²) < 4.78 is 6.05. The molecule has 20 heavy (non-hydrogen) atoms. The second-order valence-electron chi connectivity index (χ2n) is 5.32. The fourth-order valence-corrected chi connectivity index (χ4v) is 2.58.